The van der Waals surface area contributed by atoms with Gasteiger partial charge in [-0.25, -0.2) is 5.01 Å². The van der Waals surface area contributed by atoms with Gasteiger partial charge in [-0.2, -0.15) is 5.10 Å². The summed E-state index contributed by atoms with van der Waals surface area (Å²) in [4.78, 5) is 14.2. The van der Waals surface area contributed by atoms with E-state index in [1.807, 2.05) is 18.3 Å². The van der Waals surface area contributed by atoms with Crippen LogP contribution in [0.1, 0.15) is 11.7 Å². The van der Waals surface area contributed by atoms with Crippen LogP contribution in [0.4, 0.5) is 0 Å². The number of nitrogens with one attached hydrogen (secondary N) is 1. The number of carbonyl (C=O) groups is 1. The van der Waals surface area contributed by atoms with Crippen molar-refractivity contribution < 1.29 is 4.79 Å². The third-order valence-electron chi connectivity index (χ3n) is 2.41. The number of nitrogens with zero attached hydrogens (tertiary/aromatic N) is 2. The SMILES string of the molecule is O=C1C2C=NN1C2c1ccc[nH]1. The van der Waals surface area contributed by atoms with Crippen LogP contribution >= 0.6 is 0 Å². The molecule has 2 bridgehead atoms. The van der Waals surface area contributed by atoms with Crippen molar-refractivity contribution in [2.24, 2.45) is 11.0 Å². The number of hydrogen-bond donors (Lipinski definition) is 1. The second kappa shape index (κ2) is 1.77. The maximum Gasteiger partial charge on any atom is 0.254 e. The Morgan fingerprint density at radius 2 is 2.50 bits per heavy atom. The standard InChI is InChI=1S/C8H7N3O/c12-8-5-4-10-11(8)7(5)6-2-1-3-9-6/h1-5,7,9H. The molecule has 0 saturated carbocycles. The number of aromatic amines is 1. The molecule has 0 aromatic carbocycles. The van der Waals surface area contributed by atoms with Gasteiger partial charge in [0.1, 0.15) is 12.0 Å². The second-order valence-corrected chi connectivity index (χ2v) is 3.04. The summed E-state index contributed by atoms with van der Waals surface area (Å²) in [7, 11) is 0. The zero-order valence-corrected chi connectivity index (χ0v) is 6.27. The number of amides is 1. The first-order valence-electron chi connectivity index (χ1n) is 3.88. The molecule has 0 radical (unpaired) electrons. The Labute approximate surface area is 68.9 Å². The molecule has 4 heteroatoms. The molecule has 0 spiro atoms. The van der Waals surface area contributed by atoms with Crippen molar-refractivity contribution in [2.75, 3.05) is 0 Å². The first-order valence-corrected chi connectivity index (χ1v) is 3.88. The topological polar surface area (TPSA) is 48.5 Å². The van der Waals surface area contributed by atoms with Crippen molar-refractivity contribution in [3.05, 3.63) is 24.0 Å². The first kappa shape index (κ1) is 5.99. The van der Waals surface area contributed by atoms with E-state index in [1.54, 1.807) is 6.21 Å². The van der Waals surface area contributed by atoms with Crippen LogP contribution in [0, 0.1) is 5.92 Å². The van der Waals surface area contributed by atoms with Crippen molar-refractivity contribution in [3.63, 3.8) is 0 Å². The molecule has 1 saturated heterocycles. The fourth-order valence-electron chi connectivity index (χ4n) is 1.77. The van der Waals surface area contributed by atoms with E-state index in [1.165, 1.54) is 5.01 Å². The molecule has 4 heterocycles. The Morgan fingerprint density at radius 1 is 1.58 bits per heavy atom. The van der Waals surface area contributed by atoms with Gasteiger partial charge < -0.3 is 4.98 Å². The molecule has 1 aromatic heterocycles. The number of H-pyrrole nitrogens is 1. The van der Waals surface area contributed by atoms with E-state index < -0.39 is 0 Å². The maximum absolute atomic E-state index is 11.1. The minimum Gasteiger partial charge on any atom is -0.363 e. The minimum atomic E-state index is -0.0105. The van der Waals surface area contributed by atoms with Crippen molar-refractivity contribution in [1.82, 2.24) is 9.99 Å². The highest BCUT2D eigenvalue weighted by atomic mass is 16.2. The van der Waals surface area contributed by atoms with E-state index in [2.05, 4.69) is 10.1 Å². The predicted molar refractivity (Wildman–Crippen MR) is 42.4 cm³/mol. The zero-order chi connectivity index (χ0) is 8.13. The number of aromatic nitrogens is 1. The lowest BCUT2D eigenvalue weighted by Gasteiger charge is -2.34. The van der Waals surface area contributed by atoms with Gasteiger partial charge in [-0.3, -0.25) is 4.79 Å². The van der Waals surface area contributed by atoms with Crippen LogP contribution in [0.15, 0.2) is 23.4 Å². The van der Waals surface area contributed by atoms with E-state index in [-0.39, 0.29) is 17.9 Å². The molecule has 2 atom stereocenters. The molecular weight excluding hydrogens is 154 g/mol. The highest BCUT2D eigenvalue weighted by molar-refractivity contribution is 6.03. The number of β-lactam (4-membered cyclic amide) rings is 1. The zero-order valence-electron chi connectivity index (χ0n) is 6.27. The summed E-state index contributed by atoms with van der Waals surface area (Å²) in [6, 6.07) is 4.05. The van der Waals surface area contributed by atoms with Gasteiger partial charge in [0.2, 0.25) is 0 Å². The smallest absolute Gasteiger partial charge is 0.254 e. The fraction of sp³-hybridized carbons (Fsp3) is 0.250. The molecule has 1 amide bonds. The van der Waals surface area contributed by atoms with E-state index in [0.717, 1.165) is 5.69 Å². The number of hydrazone groups is 1. The van der Waals surface area contributed by atoms with Crippen LogP contribution in [0.5, 0.6) is 0 Å². The maximum atomic E-state index is 11.1. The summed E-state index contributed by atoms with van der Waals surface area (Å²) < 4.78 is 0. The Morgan fingerprint density at radius 3 is 3.00 bits per heavy atom. The van der Waals surface area contributed by atoms with Crippen LogP contribution in [0.3, 0.4) is 0 Å². The van der Waals surface area contributed by atoms with Crippen LogP contribution in [-0.2, 0) is 4.79 Å². The Hall–Kier alpha value is -1.58. The van der Waals surface area contributed by atoms with Gasteiger partial charge in [-0.1, -0.05) is 0 Å². The monoisotopic (exact) mass is 161 g/mol. The van der Waals surface area contributed by atoms with Crippen molar-refractivity contribution in [2.45, 2.75) is 6.04 Å². The lowest BCUT2D eigenvalue weighted by molar-refractivity contribution is -0.148. The summed E-state index contributed by atoms with van der Waals surface area (Å²) in [5.41, 5.74) is 1.07. The molecule has 3 aliphatic rings. The van der Waals surface area contributed by atoms with E-state index in [9.17, 15) is 4.79 Å². The van der Waals surface area contributed by atoms with Crippen molar-refractivity contribution in [1.29, 1.82) is 0 Å². The predicted octanol–water partition coefficient (Wildman–Crippen LogP) is 0.514. The molecule has 1 aromatic rings. The third kappa shape index (κ3) is 0.501. The fourth-order valence-corrected chi connectivity index (χ4v) is 1.77. The third-order valence-corrected chi connectivity index (χ3v) is 2.41. The number of hydrogen-bond acceptors (Lipinski definition) is 2. The molecule has 3 aliphatic heterocycles. The van der Waals surface area contributed by atoms with Gasteiger partial charge in [0, 0.05) is 18.1 Å². The number of rotatable bonds is 1. The van der Waals surface area contributed by atoms with Crippen LogP contribution in [0.2, 0.25) is 0 Å². The second-order valence-electron chi connectivity index (χ2n) is 3.04. The first-order chi connectivity index (χ1) is 5.88. The van der Waals surface area contributed by atoms with E-state index >= 15 is 0 Å². The quantitative estimate of drug-likeness (QED) is 0.599. The van der Waals surface area contributed by atoms with E-state index in [0.29, 0.717) is 0 Å². The summed E-state index contributed by atoms with van der Waals surface area (Å²) in [6.07, 6.45) is 3.58. The molecule has 60 valence electrons. The van der Waals surface area contributed by atoms with Gasteiger partial charge in [-0.05, 0) is 12.1 Å². The molecule has 0 aliphatic carbocycles. The Bertz CT molecular complexity index is 338. The summed E-state index contributed by atoms with van der Waals surface area (Å²) in [5.74, 6) is 0.109. The molecular formula is C8H7N3O. The average molecular weight is 161 g/mol. The Balaban J connectivity index is 1.97. The summed E-state index contributed by atoms with van der Waals surface area (Å²) >= 11 is 0. The van der Waals surface area contributed by atoms with Crippen molar-refractivity contribution >= 4 is 12.1 Å². The molecule has 4 nitrogen and oxygen atoms in total. The minimum absolute atomic E-state index is 0.0105. The average Bonchev–Trinajstić information content (AvgIpc) is 2.76. The summed E-state index contributed by atoms with van der Waals surface area (Å²) in [5, 5.41) is 5.49. The van der Waals surface area contributed by atoms with E-state index in [4.69, 9.17) is 0 Å². The normalized spacial score (nSPS) is 31.0. The molecule has 12 heavy (non-hydrogen) atoms. The van der Waals surface area contributed by atoms with Gasteiger partial charge in [0.25, 0.3) is 5.91 Å². The molecule has 4 rings (SSSR count). The highest BCUT2D eigenvalue weighted by Gasteiger charge is 2.52. The molecule has 1 fully saturated rings. The number of carbonyl (C=O) groups excluding carboxylic acids is 1. The van der Waals surface area contributed by atoms with Gasteiger partial charge in [0.15, 0.2) is 0 Å². The van der Waals surface area contributed by atoms with Crippen LogP contribution < -0.4 is 0 Å². The highest BCUT2D eigenvalue weighted by Crippen LogP contribution is 2.42. The Kier molecular flexibility index (Phi) is 0.885. The lowest BCUT2D eigenvalue weighted by atomic mass is 9.90. The molecule has 2 unspecified atom stereocenters. The summed E-state index contributed by atoms with van der Waals surface area (Å²) in [6.45, 7) is 0. The van der Waals surface area contributed by atoms with Crippen molar-refractivity contribution in [3.8, 4) is 0 Å². The van der Waals surface area contributed by atoms with Gasteiger partial charge in [-0.15, -0.1) is 0 Å². The largest absolute Gasteiger partial charge is 0.363 e. The lowest BCUT2D eigenvalue weighted by Crippen LogP contribution is -2.46. The van der Waals surface area contributed by atoms with Gasteiger partial charge >= 0.3 is 0 Å². The van der Waals surface area contributed by atoms with Crippen LogP contribution in [-0.4, -0.2) is 22.1 Å². The molecule has 1 N–H and O–H groups in total. The van der Waals surface area contributed by atoms with Gasteiger partial charge in [0.05, 0.1) is 0 Å². The van der Waals surface area contributed by atoms with Crippen LogP contribution in [0.25, 0.3) is 0 Å².